The number of aromatic nitrogens is 2. The molecule has 0 aliphatic carbocycles. The van der Waals surface area contributed by atoms with E-state index in [2.05, 4.69) is 34.2 Å². The van der Waals surface area contributed by atoms with Crippen molar-refractivity contribution in [2.45, 2.75) is 38.8 Å². The van der Waals surface area contributed by atoms with Gasteiger partial charge in [0.25, 0.3) is 0 Å². The SMILES string of the molecule is CCC1CNC(C)CN1CCc1ncno1. The van der Waals surface area contributed by atoms with Gasteiger partial charge in [-0.3, -0.25) is 4.90 Å². The van der Waals surface area contributed by atoms with Gasteiger partial charge in [-0.2, -0.15) is 4.98 Å². The van der Waals surface area contributed by atoms with Crippen LogP contribution in [0.25, 0.3) is 0 Å². The molecule has 1 aliphatic rings. The Labute approximate surface area is 96.2 Å². The van der Waals surface area contributed by atoms with Crippen molar-refractivity contribution in [3.8, 4) is 0 Å². The summed E-state index contributed by atoms with van der Waals surface area (Å²) < 4.78 is 5.02. The van der Waals surface area contributed by atoms with Gasteiger partial charge in [0, 0.05) is 38.1 Å². The predicted octanol–water partition coefficient (Wildman–Crippen LogP) is 0.684. The average Bonchev–Trinajstić information content (AvgIpc) is 2.79. The molecule has 0 aromatic carbocycles. The molecule has 2 rings (SSSR count). The van der Waals surface area contributed by atoms with E-state index < -0.39 is 0 Å². The molecule has 16 heavy (non-hydrogen) atoms. The third kappa shape index (κ3) is 2.80. The van der Waals surface area contributed by atoms with Gasteiger partial charge in [0.1, 0.15) is 0 Å². The number of piperazine rings is 1. The van der Waals surface area contributed by atoms with Crippen LogP contribution in [0, 0.1) is 0 Å². The lowest BCUT2D eigenvalue weighted by molar-refractivity contribution is 0.130. The van der Waals surface area contributed by atoms with Crippen molar-refractivity contribution in [1.82, 2.24) is 20.4 Å². The van der Waals surface area contributed by atoms with E-state index in [1.165, 1.54) is 12.7 Å². The fourth-order valence-corrected chi connectivity index (χ4v) is 2.25. The molecule has 2 unspecified atom stereocenters. The predicted molar refractivity (Wildman–Crippen MR) is 61.1 cm³/mol. The van der Waals surface area contributed by atoms with Gasteiger partial charge >= 0.3 is 0 Å². The van der Waals surface area contributed by atoms with Gasteiger partial charge in [0.05, 0.1) is 0 Å². The first-order valence-electron chi connectivity index (χ1n) is 6.02. The zero-order valence-electron chi connectivity index (χ0n) is 10.0. The minimum Gasteiger partial charge on any atom is -0.340 e. The van der Waals surface area contributed by atoms with Crippen molar-refractivity contribution >= 4 is 0 Å². The molecule has 0 spiro atoms. The average molecular weight is 224 g/mol. The Bertz CT molecular complexity index is 301. The molecule has 1 saturated heterocycles. The van der Waals surface area contributed by atoms with E-state index in [4.69, 9.17) is 4.52 Å². The Morgan fingerprint density at radius 2 is 2.50 bits per heavy atom. The third-order valence-electron chi connectivity index (χ3n) is 3.22. The minimum absolute atomic E-state index is 0.575. The Kier molecular flexibility index (Phi) is 3.90. The zero-order valence-corrected chi connectivity index (χ0v) is 10.0. The molecule has 0 amide bonds. The van der Waals surface area contributed by atoms with Crippen molar-refractivity contribution in [2.75, 3.05) is 19.6 Å². The van der Waals surface area contributed by atoms with Crippen molar-refractivity contribution in [3.63, 3.8) is 0 Å². The number of hydrogen-bond donors (Lipinski definition) is 1. The highest BCUT2D eigenvalue weighted by molar-refractivity contribution is 4.85. The van der Waals surface area contributed by atoms with E-state index in [0.29, 0.717) is 12.1 Å². The van der Waals surface area contributed by atoms with E-state index in [-0.39, 0.29) is 0 Å². The molecule has 0 radical (unpaired) electrons. The summed E-state index contributed by atoms with van der Waals surface area (Å²) in [5.41, 5.74) is 0. The highest BCUT2D eigenvalue weighted by Gasteiger charge is 2.24. The largest absolute Gasteiger partial charge is 0.340 e. The molecule has 2 heterocycles. The van der Waals surface area contributed by atoms with Crippen molar-refractivity contribution in [3.05, 3.63) is 12.2 Å². The van der Waals surface area contributed by atoms with Crippen LogP contribution in [0.4, 0.5) is 0 Å². The topological polar surface area (TPSA) is 54.2 Å². The quantitative estimate of drug-likeness (QED) is 0.815. The van der Waals surface area contributed by atoms with Crippen LogP contribution in [-0.2, 0) is 6.42 Å². The first-order chi connectivity index (χ1) is 7.79. The Hall–Kier alpha value is -0.940. The van der Waals surface area contributed by atoms with Crippen LogP contribution in [-0.4, -0.2) is 46.8 Å². The second-order valence-corrected chi connectivity index (χ2v) is 4.45. The van der Waals surface area contributed by atoms with Crippen molar-refractivity contribution in [2.24, 2.45) is 0 Å². The summed E-state index contributed by atoms with van der Waals surface area (Å²) in [6.07, 6.45) is 3.50. The number of nitrogens with one attached hydrogen (secondary N) is 1. The third-order valence-corrected chi connectivity index (χ3v) is 3.22. The first kappa shape index (κ1) is 11.5. The molecule has 2 atom stereocenters. The molecule has 1 aliphatic heterocycles. The maximum Gasteiger partial charge on any atom is 0.227 e. The van der Waals surface area contributed by atoms with Gasteiger partial charge in [-0.15, -0.1) is 0 Å². The minimum atomic E-state index is 0.575. The molecule has 1 aromatic rings. The Morgan fingerprint density at radius 1 is 1.62 bits per heavy atom. The lowest BCUT2D eigenvalue weighted by Crippen LogP contribution is -2.55. The lowest BCUT2D eigenvalue weighted by Gasteiger charge is -2.38. The van der Waals surface area contributed by atoms with Crippen LogP contribution < -0.4 is 5.32 Å². The molecule has 5 heteroatoms. The molecule has 1 aromatic heterocycles. The highest BCUT2D eigenvalue weighted by Crippen LogP contribution is 2.10. The Balaban J connectivity index is 1.85. The molecule has 0 bridgehead atoms. The normalized spacial score (nSPS) is 27.1. The van der Waals surface area contributed by atoms with Crippen LogP contribution in [0.5, 0.6) is 0 Å². The maximum atomic E-state index is 5.02. The molecular weight excluding hydrogens is 204 g/mol. The van der Waals surface area contributed by atoms with E-state index in [1.54, 1.807) is 0 Å². The lowest BCUT2D eigenvalue weighted by atomic mass is 10.1. The van der Waals surface area contributed by atoms with Gasteiger partial charge in [0.15, 0.2) is 6.33 Å². The smallest absolute Gasteiger partial charge is 0.227 e. The summed E-state index contributed by atoms with van der Waals surface area (Å²) in [4.78, 5) is 6.57. The molecule has 5 nitrogen and oxygen atoms in total. The van der Waals surface area contributed by atoms with E-state index in [1.807, 2.05) is 0 Å². The second-order valence-electron chi connectivity index (χ2n) is 4.45. The summed E-state index contributed by atoms with van der Waals surface area (Å²) in [6, 6.07) is 1.21. The van der Waals surface area contributed by atoms with Gasteiger partial charge in [-0.05, 0) is 13.3 Å². The monoisotopic (exact) mass is 224 g/mol. The summed E-state index contributed by atoms with van der Waals surface area (Å²) in [6.45, 7) is 7.66. The summed E-state index contributed by atoms with van der Waals surface area (Å²) in [5.74, 6) is 0.737. The van der Waals surface area contributed by atoms with E-state index in [0.717, 1.165) is 31.9 Å². The Morgan fingerprint density at radius 3 is 3.19 bits per heavy atom. The van der Waals surface area contributed by atoms with Crippen molar-refractivity contribution < 1.29 is 4.52 Å². The molecule has 1 N–H and O–H groups in total. The molecule has 90 valence electrons. The van der Waals surface area contributed by atoms with Crippen molar-refractivity contribution in [1.29, 1.82) is 0 Å². The zero-order chi connectivity index (χ0) is 11.4. The highest BCUT2D eigenvalue weighted by atomic mass is 16.5. The van der Waals surface area contributed by atoms with E-state index >= 15 is 0 Å². The van der Waals surface area contributed by atoms with Crippen LogP contribution in [0.2, 0.25) is 0 Å². The molecular formula is C11H20N4O. The standard InChI is InChI=1S/C11H20N4O/c1-3-10-6-12-9(2)7-15(10)5-4-11-13-8-14-16-11/h8-10,12H,3-7H2,1-2H3. The molecule has 1 fully saturated rings. The van der Waals surface area contributed by atoms with Crippen LogP contribution in [0.15, 0.2) is 10.9 Å². The number of rotatable bonds is 4. The first-order valence-corrected chi connectivity index (χ1v) is 6.02. The van der Waals surface area contributed by atoms with Crippen LogP contribution >= 0.6 is 0 Å². The summed E-state index contributed by atoms with van der Waals surface area (Å²) in [5, 5.41) is 7.14. The fourth-order valence-electron chi connectivity index (χ4n) is 2.25. The van der Waals surface area contributed by atoms with Gasteiger partial charge in [-0.1, -0.05) is 12.1 Å². The fraction of sp³-hybridized carbons (Fsp3) is 0.818. The van der Waals surface area contributed by atoms with Gasteiger partial charge in [0.2, 0.25) is 5.89 Å². The van der Waals surface area contributed by atoms with Gasteiger partial charge < -0.3 is 9.84 Å². The van der Waals surface area contributed by atoms with Crippen LogP contribution in [0.1, 0.15) is 26.2 Å². The van der Waals surface area contributed by atoms with E-state index in [9.17, 15) is 0 Å². The summed E-state index contributed by atoms with van der Waals surface area (Å²) >= 11 is 0. The number of nitrogens with zero attached hydrogens (tertiary/aromatic N) is 3. The maximum absolute atomic E-state index is 5.02. The number of hydrogen-bond acceptors (Lipinski definition) is 5. The second kappa shape index (κ2) is 5.41. The molecule has 0 saturated carbocycles. The van der Waals surface area contributed by atoms with Crippen LogP contribution in [0.3, 0.4) is 0 Å². The van der Waals surface area contributed by atoms with Gasteiger partial charge in [-0.25, -0.2) is 0 Å². The summed E-state index contributed by atoms with van der Waals surface area (Å²) in [7, 11) is 0.